The van der Waals surface area contributed by atoms with Crippen molar-refractivity contribution in [3.63, 3.8) is 0 Å². The minimum atomic E-state index is -0.530. The molecule has 1 aliphatic rings. The summed E-state index contributed by atoms with van der Waals surface area (Å²) < 4.78 is 34.6. The van der Waals surface area contributed by atoms with Gasteiger partial charge >= 0.3 is 0 Å². The zero-order valence-electron chi connectivity index (χ0n) is 32.4. The van der Waals surface area contributed by atoms with Gasteiger partial charge in [0.2, 0.25) is 5.91 Å². The number of benzene rings is 3. The van der Waals surface area contributed by atoms with Crippen LogP contribution in [0.1, 0.15) is 56.8 Å². The number of fused-ring (bicyclic) bond motifs is 4. The Morgan fingerprint density at radius 2 is 1.60 bits per heavy atom. The molecular formula is C43H47ClFN7O4S. The molecule has 14 heteroatoms. The van der Waals surface area contributed by atoms with Crippen molar-refractivity contribution in [1.82, 2.24) is 30.0 Å². The Balaban J connectivity index is 0.776. The Morgan fingerprint density at radius 3 is 2.35 bits per heavy atom. The number of rotatable bonds is 19. The molecule has 0 bridgehead atoms. The largest absolute Gasteiger partial charge is 0.378 e. The molecular weight excluding hydrogens is 765 g/mol. The maximum atomic E-state index is 13.3. The smallest absolute Gasteiger partial charge is 0.222 e. The summed E-state index contributed by atoms with van der Waals surface area (Å²) in [6.07, 6.45) is 2.19. The van der Waals surface area contributed by atoms with Crippen molar-refractivity contribution in [2.45, 2.75) is 46.3 Å². The second kappa shape index (κ2) is 19.1. The van der Waals surface area contributed by atoms with Gasteiger partial charge in [0.1, 0.15) is 22.7 Å². The van der Waals surface area contributed by atoms with Crippen LogP contribution >= 0.6 is 22.9 Å². The van der Waals surface area contributed by atoms with Gasteiger partial charge in [0.15, 0.2) is 5.82 Å². The van der Waals surface area contributed by atoms with E-state index in [1.54, 1.807) is 11.3 Å². The SMILES string of the molecule is Cc1sc2c(c1C)C(c1ccc(Cl)cc1)=N[C@@H](CC(=O)NCCOCCOCCOCCNCc1cccc3c1ccn3Cc1ccc(F)cc1)c1nnc(C)n1-2. The number of aliphatic imine (C=N–C) groups is 1. The van der Waals surface area contributed by atoms with E-state index in [2.05, 4.69) is 69.7 Å². The van der Waals surface area contributed by atoms with Gasteiger partial charge in [-0.1, -0.05) is 48.0 Å². The molecule has 0 spiro atoms. The van der Waals surface area contributed by atoms with Gasteiger partial charge in [-0.3, -0.25) is 14.4 Å². The lowest BCUT2D eigenvalue weighted by Gasteiger charge is -2.13. The minimum Gasteiger partial charge on any atom is -0.378 e. The molecule has 1 amide bonds. The van der Waals surface area contributed by atoms with Crippen LogP contribution in [0.4, 0.5) is 4.39 Å². The number of carbonyl (C=O) groups is 1. The van der Waals surface area contributed by atoms with Crippen LogP contribution in [-0.4, -0.2) is 83.7 Å². The first kappa shape index (κ1) is 40.4. The first-order valence-corrected chi connectivity index (χ1v) is 20.3. The zero-order valence-corrected chi connectivity index (χ0v) is 34.0. The number of nitrogens with zero attached hydrogens (tertiary/aromatic N) is 5. The van der Waals surface area contributed by atoms with E-state index in [0.29, 0.717) is 70.1 Å². The topological polar surface area (TPSA) is 117 Å². The summed E-state index contributed by atoms with van der Waals surface area (Å²) in [6.45, 7) is 11.4. The summed E-state index contributed by atoms with van der Waals surface area (Å²) in [5.41, 5.74) is 7.33. The number of thiophene rings is 1. The number of nitrogens with one attached hydrogen (secondary N) is 2. The third-order valence-corrected chi connectivity index (χ3v) is 11.4. The van der Waals surface area contributed by atoms with Crippen molar-refractivity contribution in [1.29, 1.82) is 0 Å². The molecule has 0 unspecified atom stereocenters. The summed E-state index contributed by atoms with van der Waals surface area (Å²) in [4.78, 5) is 19.5. The Hall–Kier alpha value is -4.76. The summed E-state index contributed by atoms with van der Waals surface area (Å²) >= 11 is 7.90. The van der Waals surface area contributed by atoms with Crippen LogP contribution in [0.5, 0.6) is 0 Å². The van der Waals surface area contributed by atoms with Crippen LogP contribution in [0.15, 0.2) is 84.0 Å². The third-order valence-electron chi connectivity index (χ3n) is 9.96. The standard InChI is InChI=1S/C43H47ClFN7O4S/c1-28-29(2)57-43-40(28)41(32-9-11-34(44)12-10-32)48-37(42-50-49-30(3)52(42)43)25-39(53)47-17-20-55-22-24-56-23-21-54-19-16-46-26-33-5-4-6-38-36(33)15-18-51(38)27-31-7-13-35(45)14-8-31/h4-15,18,37,46H,16-17,19-27H2,1-3H3,(H,47,53)/t37-/m0/s1. The van der Waals surface area contributed by atoms with Crippen LogP contribution in [0, 0.1) is 26.6 Å². The van der Waals surface area contributed by atoms with Crippen molar-refractivity contribution in [3.05, 3.63) is 134 Å². The number of aryl methyl sites for hydroxylation is 2. The third kappa shape index (κ3) is 9.86. The van der Waals surface area contributed by atoms with Gasteiger partial charge in [-0.2, -0.15) is 0 Å². The van der Waals surface area contributed by atoms with Crippen molar-refractivity contribution in [3.8, 4) is 5.00 Å². The van der Waals surface area contributed by atoms with E-state index in [-0.39, 0.29) is 18.1 Å². The monoisotopic (exact) mass is 811 g/mol. The second-order valence-electron chi connectivity index (χ2n) is 13.9. The fraction of sp³-hybridized carbons (Fsp3) is 0.349. The molecule has 7 rings (SSSR count). The summed E-state index contributed by atoms with van der Waals surface area (Å²) in [5, 5.41) is 18.1. The molecule has 6 aromatic rings. The predicted octanol–water partition coefficient (Wildman–Crippen LogP) is 7.29. The van der Waals surface area contributed by atoms with Gasteiger partial charge < -0.3 is 29.4 Å². The van der Waals surface area contributed by atoms with E-state index in [9.17, 15) is 9.18 Å². The molecule has 3 aromatic carbocycles. The number of amides is 1. The van der Waals surface area contributed by atoms with Crippen LogP contribution in [0.25, 0.3) is 15.9 Å². The van der Waals surface area contributed by atoms with Crippen molar-refractivity contribution in [2.24, 2.45) is 4.99 Å². The maximum Gasteiger partial charge on any atom is 0.222 e. The van der Waals surface area contributed by atoms with E-state index in [0.717, 1.165) is 50.9 Å². The average Bonchev–Trinajstić information content (AvgIpc) is 3.86. The van der Waals surface area contributed by atoms with Gasteiger partial charge in [-0.15, -0.1) is 21.5 Å². The highest BCUT2D eigenvalue weighted by Crippen LogP contribution is 2.39. The number of aromatic nitrogens is 4. The number of hydrogen-bond donors (Lipinski definition) is 2. The highest BCUT2D eigenvalue weighted by atomic mass is 35.5. The Labute approximate surface area is 340 Å². The molecule has 0 radical (unpaired) electrons. The minimum absolute atomic E-state index is 0.116. The molecule has 1 atom stereocenters. The van der Waals surface area contributed by atoms with Crippen molar-refractivity contribution >= 4 is 45.5 Å². The fourth-order valence-corrected chi connectivity index (χ4v) is 8.26. The molecule has 0 fully saturated rings. The van der Waals surface area contributed by atoms with Crippen molar-refractivity contribution < 1.29 is 23.4 Å². The second-order valence-corrected chi connectivity index (χ2v) is 15.5. The lowest BCUT2D eigenvalue weighted by molar-refractivity contribution is -0.121. The molecule has 11 nitrogen and oxygen atoms in total. The van der Waals surface area contributed by atoms with Crippen LogP contribution in [0.3, 0.4) is 0 Å². The summed E-state index contributed by atoms with van der Waals surface area (Å²) in [7, 11) is 0. The molecule has 3 aromatic heterocycles. The van der Waals surface area contributed by atoms with Crippen LogP contribution < -0.4 is 10.6 Å². The first-order valence-electron chi connectivity index (χ1n) is 19.1. The molecule has 1 aliphatic heterocycles. The average molecular weight is 812 g/mol. The van der Waals surface area contributed by atoms with Gasteiger partial charge in [-0.05, 0) is 73.9 Å². The lowest BCUT2D eigenvalue weighted by atomic mass is 9.99. The predicted molar refractivity (Wildman–Crippen MR) is 223 cm³/mol. The molecule has 0 aliphatic carbocycles. The Bertz CT molecular complexity index is 2320. The number of halogens is 2. The van der Waals surface area contributed by atoms with Gasteiger partial charge in [0.05, 0.1) is 51.8 Å². The number of carbonyl (C=O) groups excluding carboxylic acids is 1. The van der Waals surface area contributed by atoms with Crippen molar-refractivity contribution in [2.75, 3.05) is 52.7 Å². The molecule has 2 N–H and O–H groups in total. The van der Waals surface area contributed by atoms with Gasteiger partial charge in [-0.25, -0.2) is 4.39 Å². The number of hydrogen-bond acceptors (Lipinski definition) is 9. The summed E-state index contributed by atoms with van der Waals surface area (Å²) in [6, 6.07) is 22.2. The molecule has 0 saturated carbocycles. The normalized spacial score (nSPS) is 13.7. The summed E-state index contributed by atoms with van der Waals surface area (Å²) in [5.74, 6) is 1.02. The number of ether oxygens (including phenoxy) is 3. The van der Waals surface area contributed by atoms with E-state index < -0.39 is 6.04 Å². The van der Waals surface area contributed by atoms with Crippen LogP contribution in [-0.2, 0) is 32.1 Å². The molecule has 298 valence electrons. The zero-order chi connectivity index (χ0) is 39.7. The Kier molecular flexibility index (Phi) is 13.6. The van der Waals surface area contributed by atoms with E-state index in [1.807, 2.05) is 47.9 Å². The first-order chi connectivity index (χ1) is 27.8. The fourth-order valence-electron chi connectivity index (χ4n) is 6.92. The van der Waals surface area contributed by atoms with E-state index in [1.165, 1.54) is 28.0 Å². The molecule has 4 heterocycles. The quantitative estimate of drug-likeness (QED) is 0.0826. The molecule has 57 heavy (non-hydrogen) atoms. The van der Waals surface area contributed by atoms with Crippen LogP contribution in [0.2, 0.25) is 5.02 Å². The Morgan fingerprint density at radius 1 is 0.877 bits per heavy atom. The van der Waals surface area contributed by atoms with Gasteiger partial charge in [0, 0.05) is 64.3 Å². The van der Waals surface area contributed by atoms with E-state index >= 15 is 0 Å². The van der Waals surface area contributed by atoms with E-state index in [4.69, 9.17) is 30.8 Å². The maximum absolute atomic E-state index is 13.3. The van der Waals surface area contributed by atoms with Gasteiger partial charge in [0.25, 0.3) is 0 Å². The highest BCUT2D eigenvalue weighted by Gasteiger charge is 2.32. The highest BCUT2D eigenvalue weighted by molar-refractivity contribution is 7.15. The lowest BCUT2D eigenvalue weighted by Crippen LogP contribution is -2.29. The molecule has 0 saturated heterocycles.